The number of aromatic nitrogens is 2. The zero-order chi connectivity index (χ0) is 22.9. The van der Waals surface area contributed by atoms with Crippen LogP contribution in [0.2, 0.25) is 0 Å². The molecule has 0 saturated heterocycles. The average Bonchev–Trinajstić information content (AvgIpc) is 2.84. The van der Waals surface area contributed by atoms with Crippen LogP contribution in [0.5, 0.6) is 5.75 Å². The standard InChI is InChI=1S/C25H34N4O3/c1-4-29(5-2)25(31)22-16-26-17-28-24(22)20-10-6-19(7-11-20)15-27-23(30)14-18-8-12-21(32-3)13-9-18/h8-9,12-13,16-17,19-20H,4-7,10-11,14-15H2,1-3H3,(H,27,30). The molecule has 1 aromatic heterocycles. The molecule has 0 atom stereocenters. The summed E-state index contributed by atoms with van der Waals surface area (Å²) < 4.78 is 5.16. The molecule has 0 unspecified atom stereocenters. The van der Waals surface area contributed by atoms with Crippen LogP contribution in [0.3, 0.4) is 0 Å². The predicted molar refractivity (Wildman–Crippen MR) is 124 cm³/mol. The van der Waals surface area contributed by atoms with Crippen LogP contribution in [-0.4, -0.2) is 53.4 Å². The van der Waals surface area contributed by atoms with Gasteiger partial charge in [-0.05, 0) is 63.1 Å². The van der Waals surface area contributed by atoms with E-state index >= 15 is 0 Å². The van der Waals surface area contributed by atoms with Crippen LogP contribution < -0.4 is 10.1 Å². The maximum absolute atomic E-state index is 12.9. The Morgan fingerprint density at radius 1 is 1.09 bits per heavy atom. The topological polar surface area (TPSA) is 84.4 Å². The molecule has 0 bridgehead atoms. The first-order valence-electron chi connectivity index (χ1n) is 11.5. The van der Waals surface area contributed by atoms with E-state index in [0.29, 0.717) is 37.5 Å². The summed E-state index contributed by atoms with van der Waals surface area (Å²) in [6, 6.07) is 7.58. The highest BCUT2D eigenvalue weighted by Crippen LogP contribution is 2.36. The Balaban J connectivity index is 1.50. The second-order valence-electron chi connectivity index (χ2n) is 8.35. The summed E-state index contributed by atoms with van der Waals surface area (Å²) in [6.45, 7) is 6.01. The summed E-state index contributed by atoms with van der Waals surface area (Å²) in [5, 5.41) is 3.09. The van der Waals surface area contributed by atoms with Crippen molar-refractivity contribution in [2.75, 3.05) is 26.7 Å². The Bertz CT molecular complexity index is 888. The second-order valence-corrected chi connectivity index (χ2v) is 8.35. The molecule has 0 radical (unpaired) electrons. The van der Waals surface area contributed by atoms with E-state index < -0.39 is 0 Å². The molecule has 1 fully saturated rings. The lowest BCUT2D eigenvalue weighted by Crippen LogP contribution is -2.33. The fourth-order valence-corrected chi connectivity index (χ4v) is 4.40. The van der Waals surface area contributed by atoms with E-state index in [9.17, 15) is 9.59 Å². The van der Waals surface area contributed by atoms with Crippen LogP contribution in [-0.2, 0) is 11.2 Å². The maximum Gasteiger partial charge on any atom is 0.257 e. The van der Waals surface area contributed by atoms with Crippen molar-refractivity contribution in [3.05, 3.63) is 53.6 Å². The molecule has 7 heteroatoms. The molecule has 2 aromatic rings. The van der Waals surface area contributed by atoms with E-state index in [4.69, 9.17) is 4.74 Å². The summed E-state index contributed by atoms with van der Waals surface area (Å²) in [5.41, 5.74) is 2.48. The first kappa shape index (κ1) is 23.7. The predicted octanol–water partition coefficient (Wildman–Crippen LogP) is 3.60. The lowest BCUT2D eigenvalue weighted by Gasteiger charge is -2.29. The van der Waals surface area contributed by atoms with Crippen molar-refractivity contribution in [3.63, 3.8) is 0 Å². The fourth-order valence-electron chi connectivity index (χ4n) is 4.40. The molecular weight excluding hydrogens is 404 g/mol. The molecule has 1 heterocycles. The Morgan fingerprint density at radius 3 is 2.41 bits per heavy atom. The highest BCUT2D eigenvalue weighted by Gasteiger charge is 2.28. The van der Waals surface area contributed by atoms with E-state index in [0.717, 1.165) is 42.7 Å². The molecule has 3 rings (SSSR count). The summed E-state index contributed by atoms with van der Waals surface area (Å²) in [4.78, 5) is 35.6. The van der Waals surface area contributed by atoms with Gasteiger partial charge in [-0.3, -0.25) is 9.59 Å². The van der Waals surface area contributed by atoms with Crippen molar-refractivity contribution >= 4 is 11.8 Å². The lowest BCUT2D eigenvalue weighted by atomic mass is 9.79. The first-order valence-corrected chi connectivity index (χ1v) is 11.5. The number of ether oxygens (including phenoxy) is 1. The van der Waals surface area contributed by atoms with Gasteiger partial charge >= 0.3 is 0 Å². The normalized spacial score (nSPS) is 18.1. The van der Waals surface area contributed by atoms with Crippen LogP contribution in [0, 0.1) is 5.92 Å². The van der Waals surface area contributed by atoms with Crippen molar-refractivity contribution in [3.8, 4) is 5.75 Å². The van der Waals surface area contributed by atoms with Crippen LogP contribution in [0.15, 0.2) is 36.8 Å². The van der Waals surface area contributed by atoms with E-state index in [-0.39, 0.29) is 17.7 Å². The van der Waals surface area contributed by atoms with Gasteiger partial charge in [0, 0.05) is 31.7 Å². The van der Waals surface area contributed by atoms with Crippen LogP contribution >= 0.6 is 0 Å². The Labute approximate surface area is 190 Å². The molecule has 1 aliphatic carbocycles. The quantitative estimate of drug-likeness (QED) is 0.647. The average molecular weight is 439 g/mol. The number of hydrogen-bond donors (Lipinski definition) is 1. The highest BCUT2D eigenvalue weighted by atomic mass is 16.5. The minimum absolute atomic E-state index is 0.0125. The monoisotopic (exact) mass is 438 g/mol. The maximum atomic E-state index is 12.9. The minimum Gasteiger partial charge on any atom is -0.497 e. The van der Waals surface area contributed by atoms with Crippen molar-refractivity contribution in [1.29, 1.82) is 0 Å². The first-order chi connectivity index (χ1) is 15.5. The van der Waals surface area contributed by atoms with Gasteiger partial charge in [-0.1, -0.05) is 12.1 Å². The Kier molecular flexibility index (Phi) is 8.59. The van der Waals surface area contributed by atoms with Crippen molar-refractivity contribution in [2.24, 2.45) is 5.92 Å². The number of carbonyl (C=O) groups excluding carboxylic acids is 2. The van der Waals surface area contributed by atoms with Crippen molar-refractivity contribution < 1.29 is 14.3 Å². The third-order valence-corrected chi connectivity index (χ3v) is 6.37. The van der Waals surface area contributed by atoms with Gasteiger partial charge in [0.2, 0.25) is 5.91 Å². The highest BCUT2D eigenvalue weighted by molar-refractivity contribution is 5.95. The largest absolute Gasteiger partial charge is 0.497 e. The van der Waals surface area contributed by atoms with Crippen LogP contribution in [0.25, 0.3) is 0 Å². The number of methoxy groups -OCH3 is 1. The zero-order valence-corrected chi connectivity index (χ0v) is 19.3. The SMILES string of the molecule is CCN(CC)C(=O)c1cncnc1C1CCC(CNC(=O)Cc2ccc(OC)cc2)CC1. The van der Waals surface area contributed by atoms with Gasteiger partial charge in [-0.15, -0.1) is 0 Å². The Hall–Kier alpha value is -2.96. The van der Waals surface area contributed by atoms with Gasteiger partial charge < -0.3 is 15.0 Å². The van der Waals surface area contributed by atoms with Crippen LogP contribution in [0.4, 0.5) is 0 Å². The van der Waals surface area contributed by atoms with Crippen molar-refractivity contribution in [2.45, 2.75) is 51.9 Å². The molecule has 1 aliphatic rings. The second kappa shape index (κ2) is 11.6. The number of hydrogen-bond acceptors (Lipinski definition) is 5. The van der Waals surface area contributed by atoms with Gasteiger partial charge in [0.1, 0.15) is 12.1 Å². The van der Waals surface area contributed by atoms with E-state index in [2.05, 4.69) is 15.3 Å². The summed E-state index contributed by atoms with van der Waals surface area (Å²) in [5.74, 6) is 1.56. The number of nitrogens with zero attached hydrogens (tertiary/aromatic N) is 3. The third-order valence-electron chi connectivity index (χ3n) is 6.37. The molecule has 0 aliphatic heterocycles. The third kappa shape index (κ3) is 6.05. The van der Waals surface area contributed by atoms with Crippen molar-refractivity contribution in [1.82, 2.24) is 20.2 Å². The number of rotatable bonds is 9. The molecule has 7 nitrogen and oxygen atoms in total. The molecule has 0 spiro atoms. The summed E-state index contributed by atoms with van der Waals surface area (Å²) in [7, 11) is 1.63. The van der Waals surface area contributed by atoms with Gasteiger partial charge in [0.25, 0.3) is 5.91 Å². The van der Waals surface area contributed by atoms with Crippen LogP contribution in [0.1, 0.15) is 67.1 Å². The fraction of sp³-hybridized carbons (Fsp3) is 0.520. The Morgan fingerprint density at radius 2 is 1.78 bits per heavy atom. The van der Waals surface area contributed by atoms with Gasteiger partial charge in [0.15, 0.2) is 0 Å². The molecule has 1 saturated carbocycles. The number of benzene rings is 1. The number of amides is 2. The minimum atomic E-state index is 0.0125. The van der Waals surface area contributed by atoms with Gasteiger partial charge in [-0.25, -0.2) is 9.97 Å². The number of nitrogens with one attached hydrogen (secondary N) is 1. The molecule has 32 heavy (non-hydrogen) atoms. The summed E-state index contributed by atoms with van der Waals surface area (Å²) >= 11 is 0. The zero-order valence-electron chi connectivity index (χ0n) is 19.3. The molecule has 2 amide bonds. The van der Waals surface area contributed by atoms with E-state index in [1.807, 2.05) is 43.0 Å². The van der Waals surface area contributed by atoms with Gasteiger partial charge in [-0.2, -0.15) is 0 Å². The van der Waals surface area contributed by atoms with E-state index in [1.54, 1.807) is 19.6 Å². The number of carbonyl (C=O) groups is 2. The molecular formula is C25H34N4O3. The molecule has 1 N–H and O–H groups in total. The lowest BCUT2D eigenvalue weighted by molar-refractivity contribution is -0.120. The molecule has 1 aromatic carbocycles. The summed E-state index contributed by atoms with van der Waals surface area (Å²) in [6.07, 6.45) is 7.53. The smallest absolute Gasteiger partial charge is 0.257 e. The van der Waals surface area contributed by atoms with E-state index in [1.165, 1.54) is 0 Å². The molecule has 172 valence electrons. The van der Waals surface area contributed by atoms with Gasteiger partial charge in [0.05, 0.1) is 24.8 Å².